The zero-order chi connectivity index (χ0) is 19.3. The molecule has 4 heteroatoms. The number of nitrogens with one attached hydrogen (secondary N) is 1. The quantitative estimate of drug-likeness (QED) is 0.729. The molecule has 1 N–H and O–H groups in total. The van der Waals surface area contributed by atoms with Crippen LogP contribution in [0.5, 0.6) is 0 Å². The molecule has 1 amide bonds. The lowest BCUT2D eigenvalue weighted by Gasteiger charge is -2.26. The Kier molecular flexibility index (Phi) is 5.70. The van der Waals surface area contributed by atoms with Crippen LogP contribution in [0, 0.1) is 0 Å². The predicted octanol–water partition coefficient (Wildman–Crippen LogP) is 4.16. The lowest BCUT2D eigenvalue weighted by molar-refractivity contribution is 0.0342. The molecule has 1 heterocycles. The van der Waals surface area contributed by atoms with Crippen LogP contribution in [0.4, 0.5) is 0 Å². The fraction of sp³-hybridized carbons (Fsp3) is 0.292. The van der Waals surface area contributed by atoms with Gasteiger partial charge in [-0.05, 0) is 41.0 Å². The molecule has 1 unspecified atom stereocenters. The zero-order valence-electron chi connectivity index (χ0n) is 16.2. The summed E-state index contributed by atoms with van der Waals surface area (Å²) in [7, 11) is 0. The predicted molar refractivity (Wildman–Crippen MR) is 112 cm³/mol. The van der Waals surface area contributed by atoms with Crippen LogP contribution in [0.25, 0.3) is 10.8 Å². The number of morpholine rings is 1. The zero-order valence-corrected chi connectivity index (χ0v) is 16.2. The first-order chi connectivity index (χ1) is 13.7. The standard InChI is InChI=1S/C24H26N2O2/c1-18(22-11-5-8-20-7-2-3-10-23(20)22)25-24(27)21-9-4-6-19(16-21)17-26-12-14-28-15-13-26/h2-11,16,18H,12-15,17H2,1H3,(H,25,27). The molecular weight excluding hydrogens is 348 g/mol. The minimum Gasteiger partial charge on any atom is -0.379 e. The Bertz CT molecular complexity index is 958. The van der Waals surface area contributed by atoms with Gasteiger partial charge < -0.3 is 10.1 Å². The van der Waals surface area contributed by atoms with E-state index in [0.29, 0.717) is 5.56 Å². The van der Waals surface area contributed by atoms with Crippen molar-refractivity contribution in [2.45, 2.75) is 19.5 Å². The van der Waals surface area contributed by atoms with Gasteiger partial charge in [-0.1, -0.05) is 54.6 Å². The molecule has 4 nitrogen and oxygen atoms in total. The third-order valence-electron chi connectivity index (χ3n) is 5.34. The van der Waals surface area contributed by atoms with Gasteiger partial charge in [0.05, 0.1) is 19.3 Å². The summed E-state index contributed by atoms with van der Waals surface area (Å²) in [6.45, 7) is 6.33. The highest BCUT2D eigenvalue weighted by atomic mass is 16.5. The van der Waals surface area contributed by atoms with E-state index >= 15 is 0 Å². The maximum Gasteiger partial charge on any atom is 0.251 e. The van der Waals surface area contributed by atoms with Gasteiger partial charge in [-0.15, -0.1) is 0 Å². The molecule has 1 saturated heterocycles. The van der Waals surface area contributed by atoms with Gasteiger partial charge in [-0.2, -0.15) is 0 Å². The van der Waals surface area contributed by atoms with E-state index < -0.39 is 0 Å². The second-order valence-electron chi connectivity index (χ2n) is 7.35. The smallest absolute Gasteiger partial charge is 0.251 e. The van der Waals surface area contributed by atoms with Crippen molar-refractivity contribution in [3.8, 4) is 0 Å². The van der Waals surface area contributed by atoms with Gasteiger partial charge in [-0.3, -0.25) is 9.69 Å². The average Bonchev–Trinajstić information content (AvgIpc) is 2.74. The van der Waals surface area contributed by atoms with Gasteiger partial charge in [0, 0.05) is 25.2 Å². The number of benzene rings is 3. The van der Waals surface area contributed by atoms with E-state index in [4.69, 9.17) is 4.74 Å². The molecule has 0 radical (unpaired) electrons. The number of hydrogen-bond acceptors (Lipinski definition) is 3. The third-order valence-corrected chi connectivity index (χ3v) is 5.34. The topological polar surface area (TPSA) is 41.6 Å². The van der Waals surface area contributed by atoms with E-state index in [9.17, 15) is 4.79 Å². The average molecular weight is 374 g/mol. The van der Waals surface area contributed by atoms with Crippen LogP contribution in [0.15, 0.2) is 66.7 Å². The number of amides is 1. The highest BCUT2D eigenvalue weighted by molar-refractivity contribution is 5.95. The van der Waals surface area contributed by atoms with Crippen molar-refractivity contribution < 1.29 is 9.53 Å². The molecule has 1 fully saturated rings. The Labute approximate surface area is 166 Å². The largest absolute Gasteiger partial charge is 0.379 e. The minimum absolute atomic E-state index is 0.0377. The van der Waals surface area contributed by atoms with Gasteiger partial charge >= 0.3 is 0 Å². The van der Waals surface area contributed by atoms with E-state index in [1.807, 2.05) is 43.3 Å². The van der Waals surface area contributed by atoms with Crippen LogP contribution in [-0.2, 0) is 11.3 Å². The fourth-order valence-electron chi connectivity index (χ4n) is 3.81. The highest BCUT2D eigenvalue weighted by Crippen LogP contribution is 2.24. The summed E-state index contributed by atoms with van der Waals surface area (Å²) in [5, 5.41) is 5.53. The minimum atomic E-state index is -0.0681. The third kappa shape index (κ3) is 4.24. The van der Waals surface area contributed by atoms with Crippen molar-refractivity contribution >= 4 is 16.7 Å². The van der Waals surface area contributed by atoms with Crippen molar-refractivity contribution in [3.05, 3.63) is 83.4 Å². The second-order valence-corrected chi connectivity index (χ2v) is 7.35. The number of carbonyl (C=O) groups excluding carboxylic acids is 1. The molecule has 1 aliphatic rings. The summed E-state index contributed by atoms with van der Waals surface area (Å²) in [5.74, 6) is -0.0377. The molecule has 0 saturated carbocycles. The molecule has 0 spiro atoms. The first-order valence-corrected chi connectivity index (χ1v) is 9.88. The fourth-order valence-corrected chi connectivity index (χ4v) is 3.81. The Hall–Kier alpha value is -2.69. The van der Waals surface area contributed by atoms with Crippen LogP contribution in [0.2, 0.25) is 0 Å². The van der Waals surface area contributed by atoms with E-state index in [-0.39, 0.29) is 11.9 Å². The molecule has 0 aromatic heterocycles. The lowest BCUT2D eigenvalue weighted by Crippen LogP contribution is -2.35. The Morgan fingerprint density at radius 3 is 2.64 bits per heavy atom. The van der Waals surface area contributed by atoms with Crippen molar-refractivity contribution in [3.63, 3.8) is 0 Å². The normalized spacial score (nSPS) is 16.0. The van der Waals surface area contributed by atoms with Crippen molar-refractivity contribution in [2.75, 3.05) is 26.3 Å². The van der Waals surface area contributed by atoms with Gasteiger partial charge in [0.15, 0.2) is 0 Å². The summed E-state index contributed by atoms with van der Waals surface area (Å²) >= 11 is 0. The monoisotopic (exact) mass is 374 g/mol. The van der Waals surface area contributed by atoms with Crippen LogP contribution in [0.1, 0.15) is 34.5 Å². The number of ether oxygens (including phenoxy) is 1. The SMILES string of the molecule is CC(NC(=O)c1cccc(CN2CCOCC2)c1)c1cccc2ccccc12. The molecular formula is C24H26N2O2. The first kappa shape index (κ1) is 18.7. The van der Waals surface area contributed by atoms with E-state index in [0.717, 1.165) is 44.0 Å². The Balaban J connectivity index is 1.47. The molecule has 1 aliphatic heterocycles. The summed E-state index contributed by atoms with van der Waals surface area (Å²) < 4.78 is 5.41. The van der Waals surface area contributed by atoms with Gasteiger partial charge in [0.1, 0.15) is 0 Å². The Morgan fingerprint density at radius 1 is 1.04 bits per heavy atom. The molecule has 0 aliphatic carbocycles. The van der Waals surface area contributed by atoms with Gasteiger partial charge in [0.25, 0.3) is 5.91 Å². The summed E-state index contributed by atoms with van der Waals surface area (Å²) in [6.07, 6.45) is 0. The first-order valence-electron chi connectivity index (χ1n) is 9.88. The number of fused-ring (bicyclic) bond motifs is 1. The number of carbonyl (C=O) groups is 1. The molecule has 3 aromatic carbocycles. The maximum atomic E-state index is 12.9. The highest BCUT2D eigenvalue weighted by Gasteiger charge is 2.15. The van der Waals surface area contributed by atoms with Crippen molar-refractivity contribution in [1.29, 1.82) is 0 Å². The molecule has 144 valence electrons. The molecule has 4 rings (SSSR count). The lowest BCUT2D eigenvalue weighted by atomic mass is 9.99. The van der Waals surface area contributed by atoms with E-state index in [2.05, 4.69) is 40.5 Å². The van der Waals surface area contributed by atoms with Crippen molar-refractivity contribution in [2.24, 2.45) is 0 Å². The van der Waals surface area contributed by atoms with Crippen LogP contribution in [-0.4, -0.2) is 37.1 Å². The van der Waals surface area contributed by atoms with E-state index in [1.165, 1.54) is 10.8 Å². The summed E-state index contributed by atoms with van der Waals surface area (Å²) in [6, 6.07) is 22.4. The molecule has 3 aromatic rings. The van der Waals surface area contributed by atoms with Crippen LogP contribution >= 0.6 is 0 Å². The molecule has 28 heavy (non-hydrogen) atoms. The number of hydrogen-bond donors (Lipinski definition) is 1. The Morgan fingerprint density at radius 2 is 1.79 bits per heavy atom. The number of nitrogens with zero attached hydrogens (tertiary/aromatic N) is 1. The van der Waals surface area contributed by atoms with Crippen molar-refractivity contribution in [1.82, 2.24) is 10.2 Å². The second kappa shape index (κ2) is 8.55. The van der Waals surface area contributed by atoms with E-state index in [1.54, 1.807) is 0 Å². The maximum absolute atomic E-state index is 12.9. The van der Waals surface area contributed by atoms with Crippen LogP contribution < -0.4 is 5.32 Å². The summed E-state index contributed by atoms with van der Waals surface area (Å²) in [4.78, 5) is 15.2. The molecule has 0 bridgehead atoms. The number of rotatable bonds is 5. The van der Waals surface area contributed by atoms with Gasteiger partial charge in [-0.25, -0.2) is 0 Å². The summed E-state index contributed by atoms with van der Waals surface area (Å²) in [5.41, 5.74) is 3.00. The van der Waals surface area contributed by atoms with Crippen LogP contribution in [0.3, 0.4) is 0 Å². The molecule has 1 atom stereocenters. The van der Waals surface area contributed by atoms with Gasteiger partial charge in [0.2, 0.25) is 0 Å².